The zero-order valence-electron chi connectivity index (χ0n) is 15.0. The van der Waals surface area contributed by atoms with Crippen molar-refractivity contribution >= 4 is 0 Å². The van der Waals surface area contributed by atoms with Crippen molar-refractivity contribution in [2.75, 3.05) is 7.05 Å². The fourth-order valence-corrected chi connectivity index (χ4v) is 3.50. The van der Waals surface area contributed by atoms with E-state index < -0.39 is 0 Å². The van der Waals surface area contributed by atoms with Crippen molar-refractivity contribution in [3.8, 4) is 22.8 Å². The highest BCUT2D eigenvalue weighted by molar-refractivity contribution is 5.70. The number of aromatic nitrogens is 1. The van der Waals surface area contributed by atoms with Gasteiger partial charge in [-0.15, -0.1) is 0 Å². The Balaban J connectivity index is 1.88. The van der Waals surface area contributed by atoms with Crippen LogP contribution in [-0.4, -0.2) is 28.1 Å². The van der Waals surface area contributed by atoms with E-state index in [-0.39, 0.29) is 17.9 Å². The van der Waals surface area contributed by atoms with E-state index in [1.54, 1.807) is 12.3 Å². The smallest absolute Gasteiger partial charge is 0.146 e. The van der Waals surface area contributed by atoms with Gasteiger partial charge in [0.25, 0.3) is 0 Å². The third-order valence-electron chi connectivity index (χ3n) is 5.05. The Morgan fingerprint density at radius 3 is 2.69 bits per heavy atom. The molecule has 0 amide bonds. The maximum absolute atomic E-state index is 9.98. The summed E-state index contributed by atoms with van der Waals surface area (Å²) < 4.78 is 6.51. The Labute approximate surface area is 153 Å². The molecule has 1 N–H and O–H groups in total. The number of aromatic hydroxyl groups is 1. The number of benzene rings is 2. The zero-order chi connectivity index (χ0) is 18.1. The van der Waals surface area contributed by atoms with Crippen LogP contribution in [0.1, 0.15) is 24.2 Å². The number of phenols is 1. The summed E-state index contributed by atoms with van der Waals surface area (Å²) in [4.78, 5) is 6.84. The van der Waals surface area contributed by atoms with Crippen LogP contribution in [0.4, 0.5) is 0 Å². The minimum Gasteiger partial charge on any atom is -0.508 e. The number of hydrogen-bond acceptors (Lipinski definition) is 4. The molecule has 0 saturated heterocycles. The van der Waals surface area contributed by atoms with E-state index >= 15 is 0 Å². The first-order chi connectivity index (χ1) is 12.6. The topological polar surface area (TPSA) is 45.6 Å². The molecule has 0 radical (unpaired) electrons. The van der Waals surface area contributed by atoms with Gasteiger partial charge >= 0.3 is 0 Å². The first-order valence-corrected chi connectivity index (χ1v) is 8.82. The van der Waals surface area contributed by atoms with Gasteiger partial charge in [0.2, 0.25) is 0 Å². The normalized spacial score (nSPS) is 20.1. The van der Waals surface area contributed by atoms with Crippen molar-refractivity contribution in [1.29, 1.82) is 0 Å². The Hall–Kier alpha value is -2.85. The molecule has 3 aromatic rings. The highest BCUT2D eigenvalue weighted by Crippen LogP contribution is 2.38. The van der Waals surface area contributed by atoms with Crippen molar-refractivity contribution in [2.24, 2.45) is 0 Å². The van der Waals surface area contributed by atoms with Crippen molar-refractivity contribution in [2.45, 2.75) is 25.6 Å². The molecule has 4 rings (SSSR count). The van der Waals surface area contributed by atoms with Gasteiger partial charge in [-0.05, 0) is 55.4 Å². The summed E-state index contributed by atoms with van der Waals surface area (Å²) in [7, 11) is 2.08. The average molecular weight is 346 g/mol. The van der Waals surface area contributed by atoms with E-state index in [4.69, 9.17) is 4.74 Å². The molecule has 4 heteroatoms. The van der Waals surface area contributed by atoms with Crippen molar-refractivity contribution in [3.05, 3.63) is 78.0 Å². The van der Waals surface area contributed by atoms with E-state index in [1.165, 1.54) is 0 Å². The summed E-state index contributed by atoms with van der Waals surface area (Å²) in [6, 6.07) is 19.7. The van der Waals surface area contributed by atoms with Crippen LogP contribution in [0.15, 0.2) is 66.9 Å². The molecule has 1 aromatic heterocycles. The highest BCUT2D eigenvalue weighted by atomic mass is 16.5. The predicted octanol–water partition coefficient (Wildman–Crippen LogP) is 4.41. The van der Waals surface area contributed by atoms with Crippen molar-refractivity contribution in [1.82, 2.24) is 9.88 Å². The van der Waals surface area contributed by atoms with Gasteiger partial charge in [0, 0.05) is 24.3 Å². The lowest BCUT2D eigenvalue weighted by Gasteiger charge is -2.32. The van der Waals surface area contributed by atoms with E-state index in [0.29, 0.717) is 6.54 Å². The van der Waals surface area contributed by atoms with Crippen LogP contribution in [0.2, 0.25) is 0 Å². The summed E-state index contributed by atoms with van der Waals surface area (Å²) in [6.07, 6.45) is 1.66. The lowest BCUT2D eigenvalue weighted by Crippen LogP contribution is -2.36. The summed E-state index contributed by atoms with van der Waals surface area (Å²) >= 11 is 0. The molecule has 0 fully saturated rings. The van der Waals surface area contributed by atoms with Crippen LogP contribution in [0.25, 0.3) is 11.3 Å². The quantitative estimate of drug-likeness (QED) is 0.709. The standard InChI is InChI=1S/C22H22N2O2/c1-15-22(16-7-4-3-5-8-16)26-20-9-6-12-23-21(20)19-11-10-18(25)13-17(19)14-24(15)2/h3-13,15,22,25H,14H2,1-2H3/t15-,22-/m1/s1. The highest BCUT2D eigenvalue weighted by Gasteiger charge is 2.29. The third kappa shape index (κ3) is 3.04. The van der Waals surface area contributed by atoms with Gasteiger partial charge < -0.3 is 9.84 Å². The molecule has 0 aliphatic carbocycles. The Morgan fingerprint density at radius 2 is 1.88 bits per heavy atom. The predicted molar refractivity (Wildman–Crippen MR) is 102 cm³/mol. The molecular formula is C22H22N2O2. The molecule has 0 bridgehead atoms. The van der Waals surface area contributed by atoms with Gasteiger partial charge in [-0.3, -0.25) is 9.88 Å². The average Bonchev–Trinajstić information content (AvgIpc) is 2.70. The molecule has 26 heavy (non-hydrogen) atoms. The fraction of sp³-hybridized carbons (Fsp3) is 0.227. The summed E-state index contributed by atoms with van der Waals surface area (Å²) in [6.45, 7) is 2.87. The maximum Gasteiger partial charge on any atom is 0.146 e. The van der Waals surface area contributed by atoms with E-state index in [0.717, 1.165) is 28.1 Å². The number of hydrogen-bond donors (Lipinski definition) is 1. The molecule has 2 heterocycles. The number of nitrogens with zero attached hydrogens (tertiary/aromatic N) is 2. The van der Waals surface area contributed by atoms with E-state index in [1.807, 2.05) is 42.5 Å². The van der Waals surface area contributed by atoms with Crippen LogP contribution < -0.4 is 4.74 Å². The Bertz CT molecular complexity index is 911. The van der Waals surface area contributed by atoms with Gasteiger partial charge in [-0.2, -0.15) is 0 Å². The number of pyridine rings is 1. The molecule has 4 nitrogen and oxygen atoms in total. The molecule has 1 aliphatic rings. The van der Waals surface area contributed by atoms with Gasteiger partial charge in [-0.25, -0.2) is 0 Å². The number of likely N-dealkylation sites (N-methyl/N-ethyl adjacent to an activating group) is 1. The summed E-state index contributed by atoms with van der Waals surface area (Å²) in [5.41, 5.74) is 3.98. The largest absolute Gasteiger partial charge is 0.508 e. The van der Waals surface area contributed by atoms with Crippen LogP contribution in [0.3, 0.4) is 0 Å². The Morgan fingerprint density at radius 1 is 1.08 bits per heavy atom. The van der Waals surface area contributed by atoms with Crippen LogP contribution in [0, 0.1) is 0 Å². The first kappa shape index (κ1) is 16.6. The lowest BCUT2D eigenvalue weighted by molar-refractivity contribution is 0.0897. The van der Waals surface area contributed by atoms with Gasteiger partial charge in [0.05, 0.1) is 0 Å². The Kier molecular flexibility index (Phi) is 4.35. The fourth-order valence-electron chi connectivity index (χ4n) is 3.50. The first-order valence-electron chi connectivity index (χ1n) is 8.82. The summed E-state index contributed by atoms with van der Waals surface area (Å²) in [5.74, 6) is 1.03. The molecule has 132 valence electrons. The lowest BCUT2D eigenvalue weighted by atomic mass is 10.0. The monoisotopic (exact) mass is 346 g/mol. The molecule has 0 unspecified atom stereocenters. The maximum atomic E-state index is 9.98. The second-order valence-corrected chi connectivity index (χ2v) is 6.80. The molecular weight excluding hydrogens is 324 g/mol. The third-order valence-corrected chi connectivity index (χ3v) is 5.05. The molecule has 1 aliphatic heterocycles. The second-order valence-electron chi connectivity index (χ2n) is 6.80. The summed E-state index contributed by atoms with van der Waals surface area (Å²) in [5, 5.41) is 9.98. The molecule has 0 spiro atoms. The number of fused-ring (bicyclic) bond motifs is 3. The van der Waals surface area contributed by atoms with Gasteiger partial charge in [0.15, 0.2) is 0 Å². The van der Waals surface area contributed by atoms with Crippen LogP contribution >= 0.6 is 0 Å². The zero-order valence-corrected chi connectivity index (χ0v) is 15.0. The SMILES string of the molecule is C[C@@H]1[C@H](c2ccccc2)Oc2cccnc2-c2ccc(O)cc2CN1C. The van der Waals surface area contributed by atoms with Gasteiger partial charge in [0.1, 0.15) is 23.3 Å². The molecule has 2 atom stereocenters. The van der Waals surface area contributed by atoms with Crippen molar-refractivity contribution in [3.63, 3.8) is 0 Å². The minimum absolute atomic E-state index is 0.118. The van der Waals surface area contributed by atoms with Crippen molar-refractivity contribution < 1.29 is 9.84 Å². The van der Waals surface area contributed by atoms with Crippen LogP contribution in [0.5, 0.6) is 11.5 Å². The molecule has 0 saturated carbocycles. The van der Waals surface area contributed by atoms with Gasteiger partial charge in [-0.1, -0.05) is 30.3 Å². The number of rotatable bonds is 1. The van der Waals surface area contributed by atoms with E-state index in [9.17, 15) is 5.11 Å². The second kappa shape index (κ2) is 6.81. The van der Waals surface area contributed by atoms with E-state index in [2.05, 4.69) is 36.0 Å². The number of phenolic OH excluding ortho intramolecular Hbond substituents is 1. The van der Waals surface area contributed by atoms with Crippen LogP contribution in [-0.2, 0) is 6.54 Å². The molecule has 2 aromatic carbocycles. The minimum atomic E-state index is -0.118. The number of ether oxygens (including phenoxy) is 1.